The molecular weight excluding hydrogens is 314 g/mol. The average molecular weight is 340 g/mol. The smallest absolute Gasteiger partial charge is 0.240 e. The predicted octanol–water partition coefficient (Wildman–Crippen LogP) is 1.96. The van der Waals surface area contributed by atoms with Crippen LogP contribution in [-0.4, -0.2) is 53.6 Å². The molecular formula is C16H26ClN5O. The van der Waals surface area contributed by atoms with Gasteiger partial charge in [-0.1, -0.05) is 26.0 Å². The van der Waals surface area contributed by atoms with Gasteiger partial charge >= 0.3 is 0 Å². The third-order valence-electron chi connectivity index (χ3n) is 3.78. The number of hydrogen-bond donors (Lipinski definition) is 2. The third kappa shape index (κ3) is 4.92. The summed E-state index contributed by atoms with van der Waals surface area (Å²) in [5, 5.41) is 5.74. The Labute approximate surface area is 143 Å². The molecule has 0 atom stereocenters. The maximum atomic E-state index is 11.9. The first-order valence-electron chi connectivity index (χ1n) is 7.81. The van der Waals surface area contributed by atoms with E-state index in [9.17, 15) is 4.79 Å². The Morgan fingerprint density at radius 2 is 1.96 bits per heavy atom. The summed E-state index contributed by atoms with van der Waals surface area (Å²) in [5.41, 5.74) is 1.95. The number of aromatic nitrogens is 2. The van der Waals surface area contributed by atoms with Gasteiger partial charge in [0.1, 0.15) is 0 Å². The van der Waals surface area contributed by atoms with E-state index in [0.29, 0.717) is 5.95 Å². The molecule has 1 aromatic carbocycles. The van der Waals surface area contributed by atoms with E-state index >= 15 is 0 Å². The molecule has 0 spiro atoms. The van der Waals surface area contributed by atoms with E-state index in [1.807, 2.05) is 24.3 Å². The van der Waals surface area contributed by atoms with Gasteiger partial charge in [-0.15, -0.1) is 12.4 Å². The Kier molecular flexibility index (Phi) is 8.02. The van der Waals surface area contributed by atoms with Crippen molar-refractivity contribution in [1.82, 2.24) is 19.8 Å². The van der Waals surface area contributed by atoms with Crippen LogP contribution in [0.15, 0.2) is 24.3 Å². The molecule has 0 saturated heterocycles. The zero-order chi connectivity index (χ0) is 15.9. The summed E-state index contributed by atoms with van der Waals surface area (Å²) in [4.78, 5) is 18.8. The fraction of sp³-hybridized carbons (Fsp3) is 0.500. The molecule has 2 N–H and O–H groups in total. The molecule has 0 bridgehead atoms. The van der Waals surface area contributed by atoms with Crippen molar-refractivity contribution in [2.75, 3.05) is 38.5 Å². The van der Waals surface area contributed by atoms with Gasteiger partial charge in [-0.25, -0.2) is 4.98 Å². The Hall–Kier alpha value is -1.63. The number of nitrogens with one attached hydrogen (secondary N) is 2. The summed E-state index contributed by atoms with van der Waals surface area (Å²) < 4.78 is 2.08. The minimum Gasteiger partial charge on any atom is -0.311 e. The monoisotopic (exact) mass is 339 g/mol. The highest BCUT2D eigenvalue weighted by Crippen LogP contribution is 2.19. The number of nitrogens with zero attached hydrogens (tertiary/aromatic N) is 3. The molecule has 1 heterocycles. The Morgan fingerprint density at radius 1 is 1.26 bits per heavy atom. The van der Waals surface area contributed by atoms with Crippen LogP contribution < -0.4 is 10.6 Å². The fourth-order valence-electron chi connectivity index (χ4n) is 2.51. The molecule has 128 valence electrons. The van der Waals surface area contributed by atoms with E-state index in [1.165, 1.54) is 0 Å². The SMILES string of the molecule is CCN(CC)CCn1c(NC(=O)CNC)nc2ccccc21.Cl. The molecule has 7 heteroatoms. The molecule has 23 heavy (non-hydrogen) atoms. The van der Waals surface area contributed by atoms with Crippen LogP contribution in [0.3, 0.4) is 0 Å². The van der Waals surface area contributed by atoms with Crippen LogP contribution in [0, 0.1) is 0 Å². The summed E-state index contributed by atoms with van der Waals surface area (Å²) >= 11 is 0. The molecule has 2 rings (SSSR count). The van der Waals surface area contributed by atoms with Crippen LogP contribution in [0.5, 0.6) is 0 Å². The van der Waals surface area contributed by atoms with E-state index in [0.717, 1.165) is 37.2 Å². The lowest BCUT2D eigenvalue weighted by Gasteiger charge is -2.19. The van der Waals surface area contributed by atoms with Gasteiger partial charge < -0.3 is 14.8 Å². The Bertz CT molecular complexity index is 624. The van der Waals surface area contributed by atoms with E-state index < -0.39 is 0 Å². The number of amides is 1. The number of hydrogen-bond acceptors (Lipinski definition) is 4. The number of rotatable bonds is 8. The number of benzene rings is 1. The Morgan fingerprint density at radius 3 is 2.61 bits per heavy atom. The maximum absolute atomic E-state index is 11.9. The second-order valence-electron chi connectivity index (χ2n) is 5.18. The van der Waals surface area contributed by atoms with Gasteiger partial charge in [0.15, 0.2) is 0 Å². The number of carbonyl (C=O) groups excluding carboxylic acids is 1. The standard InChI is InChI=1S/C16H25N5O.ClH/c1-4-20(5-2)10-11-21-14-9-7-6-8-13(14)18-16(21)19-15(22)12-17-3;/h6-9,17H,4-5,10-12H2,1-3H3,(H,18,19,22);1H. The molecule has 0 saturated carbocycles. The van der Waals surface area contributed by atoms with Crippen molar-refractivity contribution < 1.29 is 4.79 Å². The molecule has 2 aromatic rings. The van der Waals surface area contributed by atoms with Crippen molar-refractivity contribution in [3.63, 3.8) is 0 Å². The predicted molar refractivity (Wildman–Crippen MR) is 97.3 cm³/mol. The first kappa shape index (κ1) is 19.4. The quantitative estimate of drug-likeness (QED) is 0.771. The molecule has 1 aromatic heterocycles. The molecule has 0 radical (unpaired) electrons. The van der Waals surface area contributed by atoms with Gasteiger partial charge in [-0.2, -0.15) is 0 Å². The summed E-state index contributed by atoms with van der Waals surface area (Å²) in [6.07, 6.45) is 0. The number of para-hydroxylation sites is 2. The topological polar surface area (TPSA) is 62.2 Å². The highest BCUT2D eigenvalue weighted by atomic mass is 35.5. The molecule has 0 aliphatic heterocycles. The minimum atomic E-state index is -0.0816. The largest absolute Gasteiger partial charge is 0.311 e. The Balaban J connectivity index is 0.00000264. The lowest BCUT2D eigenvalue weighted by Crippen LogP contribution is -2.29. The summed E-state index contributed by atoms with van der Waals surface area (Å²) in [6.45, 7) is 8.37. The van der Waals surface area contributed by atoms with E-state index in [4.69, 9.17) is 0 Å². The van der Waals surface area contributed by atoms with Crippen molar-refractivity contribution in [3.05, 3.63) is 24.3 Å². The van der Waals surface area contributed by atoms with E-state index in [1.54, 1.807) is 7.05 Å². The van der Waals surface area contributed by atoms with Gasteiger partial charge in [0.2, 0.25) is 11.9 Å². The summed E-state index contributed by atoms with van der Waals surface area (Å²) in [5.74, 6) is 0.538. The van der Waals surface area contributed by atoms with Crippen molar-refractivity contribution >= 4 is 35.3 Å². The second kappa shape index (κ2) is 9.50. The summed E-state index contributed by atoms with van der Waals surface area (Å²) in [7, 11) is 1.75. The van der Waals surface area contributed by atoms with Gasteiger partial charge in [0, 0.05) is 13.1 Å². The van der Waals surface area contributed by atoms with Crippen LogP contribution >= 0.6 is 12.4 Å². The number of likely N-dealkylation sites (N-methyl/N-ethyl adjacent to an activating group) is 2. The molecule has 0 aliphatic rings. The second-order valence-corrected chi connectivity index (χ2v) is 5.18. The lowest BCUT2D eigenvalue weighted by atomic mass is 10.3. The number of fused-ring (bicyclic) bond motifs is 1. The van der Waals surface area contributed by atoms with Gasteiger partial charge in [-0.3, -0.25) is 10.1 Å². The van der Waals surface area contributed by atoms with Crippen LogP contribution in [0.4, 0.5) is 5.95 Å². The van der Waals surface area contributed by atoms with E-state index in [-0.39, 0.29) is 24.9 Å². The number of imidazole rings is 1. The third-order valence-corrected chi connectivity index (χ3v) is 3.78. The first-order chi connectivity index (χ1) is 10.7. The highest BCUT2D eigenvalue weighted by Gasteiger charge is 2.13. The van der Waals surface area contributed by atoms with Crippen molar-refractivity contribution in [3.8, 4) is 0 Å². The van der Waals surface area contributed by atoms with Crippen LogP contribution in [0.2, 0.25) is 0 Å². The van der Waals surface area contributed by atoms with E-state index in [2.05, 4.69) is 38.9 Å². The highest BCUT2D eigenvalue weighted by molar-refractivity contribution is 5.92. The van der Waals surface area contributed by atoms with Crippen LogP contribution in [-0.2, 0) is 11.3 Å². The fourth-order valence-corrected chi connectivity index (χ4v) is 2.51. The molecule has 0 fully saturated rings. The van der Waals surface area contributed by atoms with Gasteiger partial charge in [0.25, 0.3) is 0 Å². The van der Waals surface area contributed by atoms with Crippen LogP contribution in [0.1, 0.15) is 13.8 Å². The normalized spacial score (nSPS) is 10.8. The summed E-state index contributed by atoms with van der Waals surface area (Å²) in [6, 6.07) is 7.97. The van der Waals surface area contributed by atoms with Crippen molar-refractivity contribution in [2.24, 2.45) is 0 Å². The number of halogens is 1. The maximum Gasteiger partial charge on any atom is 0.240 e. The molecule has 0 aliphatic carbocycles. The first-order valence-corrected chi connectivity index (χ1v) is 7.81. The molecule has 6 nitrogen and oxygen atoms in total. The zero-order valence-corrected chi connectivity index (χ0v) is 14.8. The molecule has 1 amide bonds. The van der Waals surface area contributed by atoms with Crippen LogP contribution in [0.25, 0.3) is 11.0 Å². The lowest BCUT2D eigenvalue weighted by molar-refractivity contribution is -0.115. The molecule has 0 unspecified atom stereocenters. The van der Waals surface area contributed by atoms with Gasteiger partial charge in [-0.05, 0) is 32.3 Å². The number of carbonyl (C=O) groups is 1. The van der Waals surface area contributed by atoms with Crippen molar-refractivity contribution in [2.45, 2.75) is 20.4 Å². The zero-order valence-electron chi connectivity index (χ0n) is 14.0. The number of anilines is 1. The minimum absolute atomic E-state index is 0. The van der Waals surface area contributed by atoms with Gasteiger partial charge in [0.05, 0.1) is 17.6 Å². The van der Waals surface area contributed by atoms with Crippen molar-refractivity contribution in [1.29, 1.82) is 0 Å². The average Bonchev–Trinajstić information content (AvgIpc) is 2.86.